The third-order valence-electron chi connectivity index (χ3n) is 4.28. The van der Waals surface area contributed by atoms with Crippen molar-refractivity contribution in [1.29, 1.82) is 0 Å². The van der Waals surface area contributed by atoms with E-state index in [1.165, 1.54) is 11.1 Å². The fraction of sp³-hybridized carbons (Fsp3) is 0.182. The van der Waals surface area contributed by atoms with E-state index in [2.05, 4.69) is 37.4 Å². The van der Waals surface area contributed by atoms with Crippen LogP contribution in [0.4, 0.5) is 5.69 Å². The van der Waals surface area contributed by atoms with Crippen LogP contribution in [0, 0.1) is 13.8 Å². The van der Waals surface area contributed by atoms with Gasteiger partial charge >= 0.3 is 0 Å². The van der Waals surface area contributed by atoms with Crippen molar-refractivity contribution < 1.29 is 4.74 Å². The van der Waals surface area contributed by atoms with Gasteiger partial charge in [0.05, 0.1) is 5.02 Å². The van der Waals surface area contributed by atoms with Crippen LogP contribution in [0.3, 0.4) is 0 Å². The lowest BCUT2D eigenvalue weighted by atomic mass is 10.1. The molecule has 0 radical (unpaired) electrons. The molecule has 0 bridgehead atoms. The van der Waals surface area contributed by atoms with Gasteiger partial charge in [-0.3, -0.25) is 0 Å². The van der Waals surface area contributed by atoms with Crippen LogP contribution in [0.25, 0.3) is 0 Å². The van der Waals surface area contributed by atoms with E-state index in [9.17, 15) is 0 Å². The molecule has 3 aromatic carbocycles. The standard InChI is InChI=1S/C22H21Cl2NO/c1-15-6-8-20(10-16(15)2)25-13-17-7-9-22(21(24)12-17)26-14-18-4-3-5-19(23)11-18/h3-12,25H,13-14H2,1-2H3. The highest BCUT2D eigenvalue weighted by Crippen LogP contribution is 2.27. The van der Waals surface area contributed by atoms with Crippen molar-refractivity contribution in [3.05, 3.63) is 93.0 Å². The fourth-order valence-corrected chi connectivity index (χ4v) is 3.09. The minimum atomic E-state index is 0.431. The first kappa shape index (κ1) is 18.6. The molecule has 4 heteroatoms. The van der Waals surface area contributed by atoms with E-state index in [1.54, 1.807) is 0 Å². The zero-order valence-corrected chi connectivity index (χ0v) is 16.4. The first-order valence-corrected chi connectivity index (χ1v) is 9.23. The van der Waals surface area contributed by atoms with Gasteiger partial charge in [-0.2, -0.15) is 0 Å². The van der Waals surface area contributed by atoms with E-state index in [4.69, 9.17) is 27.9 Å². The van der Waals surface area contributed by atoms with Gasteiger partial charge in [0, 0.05) is 17.3 Å². The van der Waals surface area contributed by atoms with E-state index < -0.39 is 0 Å². The molecule has 0 spiro atoms. The number of anilines is 1. The number of rotatable bonds is 6. The Labute approximate surface area is 164 Å². The maximum absolute atomic E-state index is 6.38. The molecule has 0 atom stereocenters. The normalized spacial score (nSPS) is 10.6. The van der Waals surface area contributed by atoms with Crippen molar-refractivity contribution in [1.82, 2.24) is 0 Å². The summed E-state index contributed by atoms with van der Waals surface area (Å²) in [5, 5.41) is 4.73. The molecule has 0 saturated heterocycles. The fourth-order valence-electron chi connectivity index (χ4n) is 2.61. The summed E-state index contributed by atoms with van der Waals surface area (Å²) in [6.07, 6.45) is 0. The molecule has 3 rings (SSSR count). The molecule has 0 fully saturated rings. The molecular weight excluding hydrogens is 365 g/mol. The van der Waals surface area contributed by atoms with E-state index >= 15 is 0 Å². The molecule has 134 valence electrons. The lowest BCUT2D eigenvalue weighted by molar-refractivity contribution is 0.306. The molecule has 1 N–H and O–H groups in total. The molecule has 0 saturated carbocycles. The van der Waals surface area contributed by atoms with Gasteiger partial charge in [-0.05, 0) is 72.5 Å². The van der Waals surface area contributed by atoms with Crippen molar-refractivity contribution in [3.8, 4) is 5.75 Å². The minimum Gasteiger partial charge on any atom is -0.487 e. The first-order chi connectivity index (χ1) is 12.5. The number of hydrogen-bond acceptors (Lipinski definition) is 2. The first-order valence-electron chi connectivity index (χ1n) is 8.48. The van der Waals surface area contributed by atoms with Crippen molar-refractivity contribution in [3.63, 3.8) is 0 Å². The van der Waals surface area contributed by atoms with Gasteiger partial charge in [-0.25, -0.2) is 0 Å². The highest BCUT2D eigenvalue weighted by molar-refractivity contribution is 6.32. The molecule has 0 aliphatic rings. The molecule has 0 unspecified atom stereocenters. The third kappa shape index (κ3) is 4.94. The predicted octanol–water partition coefficient (Wildman–Crippen LogP) is 6.80. The summed E-state index contributed by atoms with van der Waals surface area (Å²) in [7, 11) is 0. The summed E-state index contributed by atoms with van der Waals surface area (Å²) >= 11 is 12.4. The molecule has 0 aliphatic heterocycles. The number of benzene rings is 3. The quantitative estimate of drug-likeness (QED) is 0.503. The molecule has 3 aromatic rings. The van der Waals surface area contributed by atoms with Crippen molar-refractivity contribution in [2.75, 3.05) is 5.32 Å². The molecule has 0 amide bonds. The van der Waals surface area contributed by atoms with Gasteiger partial charge in [0.25, 0.3) is 0 Å². The molecule has 0 aromatic heterocycles. The Morgan fingerprint density at radius 3 is 2.42 bits per heavy atom. The minimum absolute atomic E-state index is 0.431. The van der Waals surface area contributed by atoms with Gasteiger partial charge in [0.2, 0.25) is 0 Å². The zero-order valence-electron chi connectivity index (χ0n) is 14.9. The predicted molar refractivity (Wildman–Crippen MR) is 110 cm³/mol. The van der Waals surface area contributed by atoms with E-state index in [-0.39, 0.29) is 0 Å². The van der Waals surface area contributed by atoms with Crippen LogP contribution in [-0.2, 0) is 13.2 Å². The zero-order chi connectivity index (χ0) is 18.5. The second-order valence-electron chi connectivity index (χ2n) is 6.34. The summed E-state index contributed by atoms with van der Waals surface area (Å²) in [6, 6.07) is 19.8. The number of ether oxygens (including phenoxy) is 1. The van der Waals surface area contributed by atoms with Crippen LogP contribution in [0.2, 0.25) is 10.0 Å². The van der Waals surface area contributed by atoms with Crippen LogP contribution in [-0.4, -0.2) is 0 Å². The number of halogens is 2. The maximum Gasteiger partial charge on any atom is 0.138 e. The summed E-state index contributed by atoms with van der Waals surface area (Å²) in [6.45, 7) is 5.36. The SMILES string of the molecule is Cc1ccc(NCc2ccc(OCc3cccc(Cl)c3)c(Cl)c2)cc1C. The van der Waals surface area contributed by atoms with E-state index in [0.29, 0.717) is 28.9 Å². The summed E-state index contributed by atoms with van der Waals surface area (Å²) in [4.78, 5) is 0. The van der Waals surface area contributed by atoms with E-state index in [0.717, 1.165) is 16.8 Å². The van der Waals surface area contributed by atoms with Crippen LogP contribution < -0.4 is 10.1 Å². The number of aryl methyl sites for hydroxylation is 2. The highest BCUT2D eigenvalue weighted by atomic mass is 35.5. The van der Waals surface area contributed by atoms with Crippen LogP contribution in [0.1, 0.15) is 22.3 Å². The average molecular weight is 386 g/mol. The van der Waals surface area contributed by atoms with Gasteiger partial charge in [0.15, 0.2) is 0 Å². The second kappa shape index (κ2) is 8.48. The van der Waals surface area contributed by atoms with Gasteiger partial charge in [0.1, 0.15) is 12.4 Å². The molecule has 0 aliphatic carbocycles. The van der Waals surface area contributed by atoms with Gasteiger partial charge < -0.3 is 10.1 Å². The number of nitrogens with one attached hydrogen (secondary N) is 1. The Morgan fingerprint density at radius 2 is 1.69 bits per heavy atom. The molecule has 0 heterocycles. The molecular formula is C22H21Cl2NO. The topological polar surface area (TPSA) is 21.3 Å². The monoisotopic (exact) mass is 385 g/mol. The Bertz CT molecular complexity index is 908. The lowest BCUT2D eigenvalue weighted by Gasteiger charge is -2.12. The highest BCUT2D eigenvalue weighted by Gasteiger charge is 2.05. The smallest absolute Gasteiger partial charge is 0.138 e. The number of hydrogen-bond donors (Lipinski definition) is 1. The molecule has 26 heavy (non-hydrogen) atoms. The van der Waals surface area contributed by atoms with Crippen molar-refractivity contribution >= 4 is 28.9 Å². The van der Waals surface area contributed by atoms with Crippen LogP contribution in [0.5, 0.6) is 5.75 Å². The second-order valence-corrected chi connectivity index (χ2v) is 7.18. The Morgan fingerprint density at radius 1 is 0.846 bits per heavy atom. The Hall–Kier alpha value is -2.16. The Balaban J connectivity index is 1.60. The largest absolute Gasteiger partial charge is 0.487 e. The summed E-state index contributed by atoms with van der Waals surface area (Å²) < 4.78 is 5.81. The third-order valence-corrected chi connectivity index (χ3v) is 4.81. The Kier molecular flexibility index (Phi) is 6.08. The summed E-state index contributed by atoms with van der Waals surface area (Å²) in [5.41, 5.74) is 5.78. The van der Waals surface area contributed by atoms with Crippen molar-refractivity contribution in [2.45, 2.75) is 27.0 Å². The van der Waals surface area contributed by atoms with Crippen LogP contribution in [0.15, 0.2) is 60.7 Å². The summed E-state index contributed by atoms with van der Waals surface area (Å²) in [5.74, 6) is 0.668. The van der Waals surface area contributed by atoms with Gasteiger partial charge in [-0.15, -0.1) is 0 Å². The molecule has 2 nitrogen and oxygen atoms in total. The average Bonchev–Trinajstić information content (AvgIpc) is 2.62. The van der Waals surface area contributed by atoms with Crippen molar-refractivity contribution in [2.24, 2.45) is 0 Å². The lowest BCUT2D eigenvalue weighted by Crippen LogP contribution is -2.01. The van der Waals surface area contributed by atoms with Crippen LogP contribution >= 0.6 is 23.2 Å². The maximum atomic E-state index is 6.38. The van der Waals surface area contributed by atoms with E-state index in [1.807, 2.05) is 42.5 Å². The van der Waals surface area contributed by atoms with Gasteiger partial charge in [-0.1, -0.05) is 47.5 Å².